The number of nitrogens with one attached hydrogen (secondary N) is 1. The summed E-state index contributed by atoms with van der Waals surface area (Å²) < 4.78 is 41.8. The maximum Gasteiger partial charge on any atom is 0.265 e. The molecule has 0 radical (unpaired) electrons. The number of fused-ring (bicyclic) bond motifs is 3. The summed E-state index contributed by atoms with van der Waals surface area (Å²) in [4.78, 5) is 0.182. The van der Waals surface area contributed by atoms with Crippen molar-refractivity contribution in [3.8, 4) is 5.75 Å². The van der Waals surface area contributed by atoms with E-state index in [9.17, 15) is 8.42 Å². The Morgan fingerprint density at radius 2 is 1.89 bits per heavy atom. The zero-order chi connectivity index (χ0) is 20.1. The molecule has 8 heteroatoms. The van der Waals surface area contributed by atoms with E-state index < -0.39 is 10.0 Å². The molecule has 0 bridgehead atoms. The molecular weight excluding hydrogens is 378 g/mol. The lowest BCUT2D eigenvalue weighted by Crippen LogP contribution is -2.15. The molecule has 2 heterocycles. The van der Waals surface area contributed by atoms with Gasteiger partial charge in [0.15, 0.2) is 0 Å². The van der Waals surface area contributed by atoms with Gasteiger partial charge in [-0.05, 0) is 32.9 Å². The SMILES string of the molecule is CCn1nc(C)c(S(=O)(=O)Nc2cc3oc4ccccc4c3cc2OC)c1C. The minimum atomic E-state index is -3.85. The normalized spacial score (nSPS) is 12.0. The van der Waals surface area contributed by atoms with Crippen LogP contribution < -0.4 is 9.46 Å². The number of rotatable bonds is 5. The van der Waals surface area contributed by atoms with Crippen LogP contribution in [0.5, 0.6) is 5.75 Å². The third-order valence-electron chi connectivity index (χ3n) is 4.83. The van der Waals surface area contributed by atoms with E-state index in [2.05, 4.69) is 9.82 Å². The second kappa shape index (κ2) is 6.56. The first-order valence-electron chi connectivity index (χ1n) is 8.91. The molecule has 0 amide bonds. The first-order valence-corrected chi connectivity index (χ1v) is 10.4. The van der Waals surface area contributed by atoms with Gasteiger partial charge in [-0.1, -0.05) is 18.2 Å². The van der Waals surface area contributed by atoms with E-state index in [-0.39, 0.29) is 4.90 Å². The van der Waals surface area contributed by atoms with E-state index in [0.717, 1.165) is 16.4 Å². The lowest BCUT2D eigenvalue weighted by atomic mass is 10.1. The predicted octanol–water partition coefficient (Wildman–Crippen LogP) is 4.23. The van der Waals surface area contributed by atoms with E-state index in [0.29, 0.717) is 35.0 Å². The lowest BCUT2D eigenvalue weighted by Gasteiger charge is -2.12. The number of hydrogen-bond donors (Lipinski definition) is 1. The molecule has 0 atom stereocenters. The molecule has 2 aromatic carbocycles. The highest BCUT2D eigenvalue weighted by Gasteiger charge is 2.26. The predicted molar refractivity (Wildman–Crippen MR) is 108 cm³/mol. The molecule has 0 fully saturated rings. The summed E-state index contributed by atoms with van der Waals surface area (Å²) in [6, 6.07) is 11.1. The lowest BCUT2D eigenvalue weighted by molar-refractivity contribution is 0.417. The van der Waals surface area contributed by atoms with Gasteiger partial charge in [-0.25, -0.2) is 8.42 Å². The Balaban J connectivity index is 1.85. The first kappa shape index (κ1) is 18.4. The smallest absolute Gasteiger partial charge is 0.265 e. The Labute approximate surface area is 163 Å². The van der Waals surface area contributed by atoms with Crippen molar-refractivity contribution in [2.45, 2.75) is 32.2 Å². The van der Waals surface area contributed by atoms with Crippen molar-refractivity contribution in [2.75, 3.05) is 11.8 Å². The zero-order valence-electron chi connectivity index (χ0n) is 16.1. The number of sulfonamides is 1. The fourth-order valence-corrected chi connectivity index (χ4v) is 5.05. The highest BCUT2D eigenvalue weighted by Crippen LogP contribution is 2.37. The number of furan rings is 1. The van der Waals surface area contributed by atoms with Crippen molar-refractivity contribution < 1.29 is 17.6 Å². The number of nitrogens with zero attached hydrogens (tertiary/aromatic N) is 2. The zero-order valence-corrected chi connectivity index (χ0v) is 16.9. The fourth-order valence-electron chi connectivity index (χ4n) is 3.57. The Morgan fingerprint density at radius 1 is 1.14 bits per heavy atom. The van der Waals surface area contributed by atoms with Gasteiger partial charge in [0.1, 0.15) is 21.8 Å². The molecule has 0 unspecified atom stereocenters. The van der Waals surface area contributed by atoms with Gasteiger partial charge in [-0.3, -0.25) is 9.40 Å². The highest BCUT2D eigenvalue weighted by atomic mass is 32.2. The van der Waals surface area contributed by atoms with E-state index >= 15 is 0 Å². The molecule has 2 aromatic heterocycles. The third-order valence-corrected chi connectivity index (χ3v) is 6.44. The molecule has 4 aromatic rings. The number of aromatic nitrogens is 2. The van der Waals surface area contributed by atoms with E-state index in [1.807, 2.05) is 31.2 Å². The van der Waals surface area contributed by atoms with Crippen LogP contribution in [0.15, 0.2) is 45.7 Å². The van der Waals surface area contributed by atoms with Crippen molar-refractivity contribution in [3.63, 3.8) is 0 Å². The van der Waals surface area contributed by atoms with Gasteiger partial charge < -0.3 is 9.15 Å². The van der Waals surface area contributed by atoms with Crippen molar-refractivity contribution in [1.29, 1.82) is 0 Å². The second-order valence-electron chi connectivity index (χ2n) is 6.57. The summed E-state index contributed by atoms with van der Waals surface area (Å²) in [6.07, 6.45) is 0. The van der Waals surface area contributed by atoms with Crippen LogP contribution in [-0.4, -0.2) is 25.3 Å². The molecule has 1 N–H and O–H groups in total. The summed E-state index contributed by atoms with van der Waals surface area (Å²) in [7, 11) is -2.34. The molecule has 146 valence electrons. The number of hydrogen-bond acceptors (Lipinski definition) is 5. The molecule has 4 rings (SSSR count). The molecule has 0 saturated heterocycles. The molecule has 0 spiro atoms. The van der Waals surface area contributed by atoms with Crippen LogP contribution >= 0.6 is 0 Å². The first-order chi connectivity index (χ1) is 13.4. The maximum absolute atomic E-state index is 13.1. The van der Waals surface area contributed by atoms with Gasteiger partial charge in [0.05, 0.1) is 24.2 Å². The Morgan fingerprint density at radius 3 is 2.57 bits per heavy atom. The fraction of sp³-hybridized carbons (Fsp3) is 0.250. The number of ether oxygens (including phenoxy) is 1. The van der Waals surface area contributed by atoms with E-state index in [1.54, 1.807) is 30.7 Å². The topological polar surface area (TPSA) is 86.4 Å². The standard InChI is InChI=1S/C20H21N3O4S/c1-5-23-13(3)20(12(2)21-23)28(24,25)22-16-11-18-15(10-19(16)26-4)14-8-6-7-9-17(14)27-18/h6-11,22H,5H2,1-4H3. The monoisotopic (exact) mass is 399 g/mol. The van der Waals surface area contributed by atoms with Crippen molar-refractivity contribution in [1.82, 2.24) is 9.78 Å². The van der Waals surface area contributed by atoms with Gasteiger partial charge in [0, 0.05) is 23.4 Å². The van der Waals surface area contributed by atoms with Crippen LogP contribution in [0.3, 0.4) is 0 Å². The second-order valence-corrected chi connectivity index (χ2v) is 8.19. The van der Waals surface area contributed by atoms with E-state index in [4.69, 9.17) is 9.15 Å². The quantitative estimate of drug-likeness (QED) is 0.543. The molecule has 7 nitrogen and oxygen atoms in total. The minimum absolute atomic E-state index is 0.182. The van der Waals surface area contributed by atoms with Gasteiger partial charge in [0.2, 0.25) is 0 Å². The van der Waals surface area contributed by atoms with Gasteiger partial charge in [-0.2, -0.15) is 5.10 Å². The van der Waals surface area contributed by atoms with Gasteiger partial charge in [-0.15, -0.1) is 0 Å². The van der Waals surface area contributed by atoms with Gasteiger partial charge >= 0.3 is 0 Å². The average molecular weight is 399 g/mol. The van der Waals surface area contributed by atoms with Crippen LogP contribution in [0.4, 0.5) is 5.69 Å². The van der Waals surface area contributed by atoms with Crippen molar-refractivity contribution >= 4 is 37.6 Å². The highest BCUT2D eigenvalue weighted by molar-refractivity contribution is 7.92. The van der Waals surface area contributed by atoms with Crippen molar-refractivity contribution in [3.05, 3.63) is 47.8 Å². The molecule has 0 aliphatic rings. The van der Waals surface area contributed by atoms with Gasteiger partial charge in [0.25, 0.3) is 10.0 Å². The molecule has 28 heavy (non-hydrogen) atoms. The number of anilines is 1. The summed E-state index contributed by atoms with van der Waals surface area (Å²) in [5.41, 5.74) is 2.68. The molecule has 0 saturated carbocycles. The van der Waals surface area contributed by atoms with Crippen LogP contribution in [-0.2, 0) is 16.6 Å². The van der Waals surface area contributed by atoms with E-state index in [1.165, 1.54) is 7.11 Å². The molecule has 0 aliphatic heterocycles. The molecule has 0 aliphatic carbocycles. The number of aryl methyl sites for hydroxylation is 2. The molecular formula is C20H21N3O4S. The minimum Gasteiger partial charge on any atom is -0.495 e. The largest absolute Gasteiger partial charge is 0.495 e. The van der Waals surface area contributed by atoms with Crippen molar-refractivity contribution in [2.24, 2.45) is 0 Å². The maximum atomic E-state index is 13.1. The summed E-state index contributed by atoms with van der Waals surface area (Å²) in [5, 5.41) is 6.11. The van der Waals surface area contributed by atoms with Crippen LogP contribution in [0.1, 0.15) is 18.3 Å². The average Bonchev–Trinajstić information content (AvgIpc) is 3.16. The summed E-state index contributed by atoms with van der Waals surface area (Å²) in [5.74, 6) is 0.417. The van der Waals surface area contributed by atoms with Crippen LogP contribution in [0.2, 0.25) is 0 Å². The van der Waals surface area contributed by atoms with Crippen LogP contribution in [0.25, 0.3) is 21.9 Å². The Hall–Kier alpha value is -3.00. The number of methoxy groups -OCH3 is 1. The Bertz CT molecular complexity index is 1300. The number of para-hydroxylation sites is 1. The summed E-state index contributed by atoms with van der Waals surface area (Å²) >= 11 is 0. The Kier molecular flexibility index (Phi) is 4.30. The number of benzene rings is 2. The van der Waals surface area contributed by atoms with Crippen LogP contribution in [0, 0.1) is 13.8 Å². The summed E-state index contributed by atoms with van der Waals surface area (Å²) in [6.45, 7) is 5.95. The third kappa shape index (κ3) is 2.80.